The molecular formula is C17H20N4. The number of anilines is 1. The molecule has 21 heavy (non-hydrogen) atoms. The van der Waals surface area contributed by atoms with Crippen molar-refractivity contribution in [2.45, 2.75) is 33.7 Å². The number of hydrogen-bond donors (Lipinski definition) is 1. The zero-order valence-electron chi connectivity index (χ0n) is 12.7. The van der Waals surface area contributed by atoms with Crippen molar-refractivity contribution in [2.24, 2.45) is 0 Å². The smallest absolute Gasteiger partial charge is 0.141 e. The lowest BCUT2D eigenvalue weighted by Gasteiger charge is -2.12. The van der Waals surface area contributed by atoms with Crippen molar-refractivity contribution in [2.75, 3.05) is 5.73 Å². The zero-order chi connectivity index (χ0) is 15.0. The van der Waals surface area contributed by atoms with Gasteiger partial charge in [-0.3, -0.25) is 4.98 Å². The molecule has 0 radical (unpaired) electrons. The average Bonchev–Trinajstić information content (AvgIpc) is 2.82. The predicted molar refractivity (Wildman–Crippen MR) is 87.1 cm³/mol. The number of imidazole rings is 1. The monoisotopic (exact) mass is 280 g/mol. The van der Waals surface area contributed by atoms with E-state index in [1.807, 2.05) is 30.6 Å². The Morgan fingerprint density at radius 3 is 2.81 bits per heavy atom. The number of nitrogens with two attached hydrogens (primary N) is 1. The Bertz CT molecular complexity index is 802. The molecular weight excluding hydrogens is 260 g/mol. The van der Waals surface area contributed by atoms with Gasteiger partial charge in [-0.15, -0.1) is 0 Å². The van der Waals surface area contributed by atoms with Crippen LogP contribution in [0.3, 0.4) is 0 Å². The molecule has 2 heterocycles. The van der Waals surface area contributed by atoms with E-state index < -0.39 is 0 Å². The van der Waals surface area contributed by atoms with E-state index in [0.29, 0.717) is 0 Å². The first kappa shape index (κ1) is 13.6. The molecule has 0 amide bonds. The number of benzene rings is 1. The maximum Gasteiger partial charge on any atom is 0.141 e. The number of aromatic nitrogens is 3. The van der Waals surface area contributed by atoms with Gasteiger partial charge in [0.2, 0.25) is 0 Å². The lowest BCUT2D eigenvalue weighted by molar-refractivity contribution is 0.703. The summed E-state index contributed by atoms with van der Waals surface area (Å²) in [5.41, 5.74) is 12.4. The van der Waals surface area contributed by atoms with Crippen molar-refractivity contribution in [1.82, 2.24) is 14.5 Å². The lowest BCUT2D eigenvalue weighted by atomic mass is 10.0. The van der Waals surface area contributed by atoms with Crippen molar-refractivity contribution < 1.29 is 0 Å². The van der Waals surface area contributed by atoms with Crippen molar-refractivity contribution in [3.63, 3.8) is 0 Å². The van der Waals surface area contributed by atoms with Crippen molar-refractivity contribution >= 4 is 16.7 Å². The summed E-state index contributed by atoms with van der Waals surface area (Å²) in [6.07, 6.45) is 4.69. The maximum atomic E-state index is 6.03. The van der Waals surface area contributed by atoms with E-state index in [0.717, 1.165) is 41.1 Å². The molecule has 0 aliphatic heterocycles. The fourth-order valence-electron chi connectivity index (χ4n) is 2.76. The number of hydrogen-bond acceptors (Lipinski definition) is 3. The van der Waals surface area contributed by atoms with Crippen molar-refractivity contribution in [3.8, 4) is 11.4 Å². The van der Waals surface area contributed by atoms with Gasteiger partial charge in [-0.25, -0.2) is 4.98 Å². The van der Waals surface area contributed by atoms with Gasteiger partial charge < -0.3 is 10.3 Å². The van der Waals surface area contributed by atoms with Crippen molar-refractivity contribution in [1.29, 1.82) is 0 Å². The number of fused-ring (bicyclic) bond motifs is 1. The summed E-state index contributed by atoms with van der Waals surface area (Å²) < 4.78 is 2.26. The molecule has 108 valence electrons. The van der Waals surface area contributed by atoms with Gasteiger partial charge in [0.1, 0.15) is 11.3 Å². The molecule has 0 aliphatic carbocycles. The fraction of sp³-hybridized carbons (Fsp3) is 0.294. The normalized spacial score (nSPS) is 11.2. The Labute approximate surface area is 124 Å². The van der Waals surface area contributed by atoms with Gasteiger partial charge in [0.25, 0.3) is 0 Å². The summed E-state index contributed by atoms with van der Waals surface area (Å²) in [5, 5.41) is 0. The maximum absolute atomic E-state index is 6.03. The molecule has 0 atom stereocenters. The van der Waals surface area contributed by atoms with Crippen LogP contribution in [0.2, 0.25) is 0 Å². The van der Waals surface area contributed by atoms with Gasteiger partial charge in [-0.05, 0) is 49.6 Å². The van der Waals surface area contributed by atoms with Crippen LogP contribution in [0.4, 0.5) is 5.69 Å². The summed E-state index contributed by atoms with van der Waals surface area (Å²) in [6, 6.07) is 6.05. The highest BCUT2D eigenvalue weighted by Gasteiger charge is 2.15. The van der Waals surface area contributed by atoms with Crippen LogP contribution in [-0.2, 0) is 6.54 Å². The van der Waals surface area contributed by atoms with E-state index in [4.69, 9.17) is 10.7 Å². The number of rotatable bonds is 3. The van der Waals surface area contributed by atoms with E-state index in [-0.39, 0.29) is 0 Å². The summed E-state index contributed by atoms with van der Waals surface area (Å²) in [7, 11) is 0. The second kappa shape index (κ2) is 5.20. The molecule has 4 nitrogen and oxygen atoms in total. The minimum absolute atomic E-state index is 0.779. The van der Waals surface area contributed by atoms with Crippen LogP contribution in [0.25, 0.3) is 22.4 Å². The lowest BCUT2D eigenvalue weighted by Crippen LogP contribution is -2.02. The van der Waals surface area contributed by atoms with Crippen molar-refractivity contribution in [3.05, 3.63) is 41.7 Å². The third-order valence-corrected chi connectivity index (χ3v) is 3.93. The number of nitrogens with zero attached hydrogens (tertiary/aromatic N) is 3. The number of pyridine rings is 1. The first-order chi connectivity index (χ1) is 10.1. The first-order valence-electron chi connectivity index (χ1n) is 7.29. The van der Waals surface area contributed by atoms with Crippen LogP contribution >= 0.6 is 0 Å². The van der Waals surface area contributed by atoms with Crippen LogP contribution in [0.5, 0.6) is 0 Å². The Hall–Kier alpha value is -2.36. The van der Waals surface area contributed by atoms with E-state index in [1.165, 1.54) is 11.1 Å². The highest BCUT2D eigenvalue weighted by molar-refractivity contribution is 5.81. The Morgan fingerprint density at radius 1 is 1.24 bits per heavy atom. The zero-order valence-corrected chi connectivity index (χ0v) is 12.7. The number of nitrogen functional groups attached to an aromatic ring is 1. The van der Waals surface area contributed by atoms with Gasteiger partial charge in [0.05, 0.1) is 11.7 Å². The average molecular weight is 280 g/mol. The highest BCUT2D eigenvalue weighted by Crippen LogP contribution is 2.30. The molecule has 1 aromatic carbocycles. The van der Waals surface area contributed by atoms with E-state index in [2.05, 4.69) is 30.3 Å². The first-order valence-corrected chi connectivity index (χ1v) is 7.29. The quantitative estimate of drug-likeness (QED) is 0.744. The molecule has 3 aromatic rings. The standard InChI is InChI=1S/C17H20N4/c1-4-7-21-16-5-6-19-10-15(16)20-17(21)14-9-13(18)8-11(2)12(14)3/h5-6,8-10H,4,7,18H2,1-3H3. The molecule has 0 spiro atoms. The Kier molecular flexibility index (Phi) is 3.37. The van der Waals surface area contributed by atoms with Gasteiger partial charge in [-0.1, -0.05) is 6.92 Å². The topological polar surface area (TPSA) is 56.7 Å². The second-order valence-corrected chi connectivity index (χ2v) is 5.46. The van der Waals surface area contributed by atoms with Gasteiger partial charge in [0, 0.05) is 24.0 Å². The Balaban J connectivity index is 2.32. The van der Waals surface area contributed by atoms with E-state index >= 15 is 0 Å². The predicted octanol–water partition coefficient (Wildman–Crippen LogP) is 3.71. The molecule has 0 saturated heterocycles. The SMILES string of the molecule is CCCn1c(-c2cc(N)cc(C)c2C)nc2cnccc21. The third-order valence-electron chi connectivity index (χ3n) is 3.93. The van der Waals surface area contributed by atoms with Crippen LogP contribution < -0.4 is 5.73 Å². The molecule has 0 saturated carbocycles. The molecule has 3 rings (SSSR count). The summed E-state index contributed by atoms with van der Waals surface area (Å²) >= 11 is 0. The molecule has 0 bridgehead atoms. The van der Waals surface area contributed by atoms with Crippen LogP contribution in [-0.4, -0.2) is 14.5 Å². The van der Waals surface area contributed by atoms with E-state index in [1.54, 1.807) is 0 Å². The highest BCUT2D eigenvalue weighted by atomic mass is 15.1. The summed E-state index contributed by atoms with van der Waals surface area (Å²) in [4.78, 5) is 8.97. The molecule has 2 N–H and O–H groups in total. The van der Waals surface area contributed by atoms with Crippen LogP contribution in [0, 0.1) is 13.8 Å². The number of aryl methyl sites for hydroxylation is 2. The molecule has 0 unspecified atom stereocenters. The molecule has 2 aromatic heterocycles. The molecule has 4 heteroatoms. The second-order valence-electron chi connectivity index (χ2n) is 5.46. The largest absolute Gasteiger partial charge is 0.399 e. The molecule has 0 fully saturated rings. The minimum atomic E-state index is 0.779. The van der Waals surface area contributed by atoms with Gasteiger partial charge in [0.15, 0.2) is 0 Å². The Morgan fingerprint density at radius 2 is 2.05 bits per heavy atom. The third kappa shape index (κ3) is 2.27. The van der Waals surface area contributed by atoms with Crippen LogP contribution in [0.1, 0.15) is 24.5 Å². The summed E-state index contributed by atoms with van der Waals surface area (Å²) in [6.45, 7) is 7.32. The fourth-order valence-corrected chi connectivity index (χ4v) is 2.76. The van der Waals surface area contributed by atoms with Crippen LogP contribution in [0.15, 0.2) is 30.6 Å². The molecule has 0 aliphatic rings. The summed E-state index contributed by atoms with van der Waals surface area (Å²) in [5.74, 6) is 0.979. The minimum Gasteiger partial charge on any atom is -0.399 e. The van der Waals surface area contributed by atoms with E-state index in [9.17, 15) is 0 Å². The van der Waals surface area contributed by atoms with Gasteiger partial charge in [-0.2, -0.15) is 0 Å². The van der Waals surface area contributed by atoms with Gasteiger partial charge >= 0.3 is 0 Å².